The maximum atomic E-state index is 2.21. The minimum Gasteiger partial charge on any atom is -0.205 e. The van der Waals surface area contributed by atoms with Crippen LogP contribution in [0.4, 0.5) is 0 Å². The summed E-state index contributed by atoms with van der Waals surface area (Å²) >= 11 is 0. The monoisotopic (exact) mass is 228 g/mol. The SMILES string of the molecule is CC[n+]1ccc(-c2cc[n+](C(C)C)cc2)cc1. The predicted octanol–water partition coefficient (Wildman–Crippen LogP) is 2.53. The van der Waals surface area contributed by atoms with Gasteiger partial charge in [-0.05, 0) is 31.9 Å². The molecule has 2 heterocycles. The largest absolute Gasteiger partial charge is 0.205 e. The molecular formula is C15H20N2+2. The van der Waals surface area contributed by atoms with E-state index < -0.39 is 0 Å². The van der Waals surface area contributed by atoms with E-state index in [1.54, 1.807) is 0 Å². The van der Waals surface area contributed by atoms with E-state index >= 15 is 0 Å². The smallest absolute Gasteiger partial charge is 0.169 e. The van der Waals surface area contributed by atoms with Crippen LogP contribution in [0.3, 0.4) is 0 Å². The molecule has 0 aliphatic heterocycles. The molecular weight excluding hydrogens is 208 g/mol. The normalized spacial score (nSPS) is 10.8. The second-order valence-electron chi connectivity index (χ2n) is 4.55. The minimum atomic E-state index is 0.516. The van der Waals surface area contributed by atoms with Crippen molar-refractivity contribution in [2.45, 2.75) is 33.4 Å². The van der Waals surface area contributed by atoms with Gasteiger partial charge in [0.2, 0.25) is 0 Å². The maximum Gasteiger partial charge on any atom is 0.169 e. The molecule has 2 rings (SSSR count). The Bertz CT molecular complexity index is 469. The molecule has 0 radical (unpaired) electrons. The number of hydrogen-bond acceptors (Lipinski definition) is 0. The average molecular weight is 228 g/mol. The molecule has 0 spiro atoms. The quantitative estimate of drug-likeness (QED) is 0.713. The Morgan fingerprint density at radius 3 is 1.76 bits per heavy atom. The zero-order valence-electron chi connectivity index (χ0n) is 10.8. The van der Waals surface area contributed by atoms with Crippen molar-refractivity contribution in [1.82, 2.24) is 0 Å². The molecule has 0 saturated carbocycles. The van der Waals surface area contributed by atoms with E-state index in [0.29, 0.717) is 6.04 Å². The summed E-state index contributed by atoms with van der Waals surface area (Å²) in [6.07, 6.45) is 8.53. The van der Waals surface area contributed by atoms with Crippen molar-refractivity contribution in [1.29, 1.82) is 0 Å². The van der Waals surface area contributed by atoms with Gasteiger partial charge in [-0.3, -0.25) is 0 Å². The van der Waals surface area contributed by atoms with Crippen molar-refractivity contribution in [2.24, 2.45) is 0 Å². The molecule has 0 N–H and O–H groups in total. The number of nitrogens with zero attached hydrogens (tertiary/aromatic N) is 2. The summed E-state index contributed by atoms with van der Waals surface area (Å²) in [6, 6.07) is 9.19. The summed E-state index contributed by atoms with van der Waals surface area (Å²) in [5.41, 5.74) is 2.54. The van der Waals surface area contributed by atoms with E-state index in [1.165, 1.54) is 11.1 Å². The fourth-order valence-electron chi connectivity index (χ4n) is 1.84. The number of pyridine rings is 2. The van der Waals surface area contributed by atoms with Gasteiger partial charge in [-0.1, -0.05) is 0 Å². The molecule has 2 aromatic heterocycles. The third-order valence-electron chi connectivity index (χ3n) is 3.04. The molecule has 0 unspecified atom stereocenters. The van der Waals surface area contributed by atoms with Crippen LogP contribution in [0.1, 0.15) is 26.8 Å². The number of hydrogen-bond donors (Lipinski definition) is 0. The molecule has 2 nitrogen and oxygen atoms in total. The van der Waals surface area contributed by atoms with Gasteiger partial charge in [-0.15, -0.1) is 0 Å². The Hall–Kier alpha value is -1.70. The third kappa shape index (κ3) is 2.70. The van der Waals surface area contributed by atoms with Gasteiger partial charge in [-0.25, -0.2) is 9.13 Å². The van der Waals surface area contributed by atoms with Crippen LogP contribution in [-0.2, 0) is 6.54 Å². The molecule has 0 saturated heterocycles. The van der Waals surface area contributed by atoms with E-state index in [0.717, 1.165) is 6.54 Å². The number of aryl methyl sites for hydroxylation is 1. The Balaban J connectivity index is 2.26. The van der Waals surface area contributed by atoms with Crippen LogP contribution in [0.25, 0.3) is 11.1 Å². The Morgan fingerprint density at radius 1 is 0.882 bits per heavy atom. The molecule has 0 atom stereocenters. The standard InChI is InChI=1S/C15H20N2/c1-4-16-9-5-14(6-10-16)15-7-11-17(12-8-15)13(2)3/h5-13H,4H2,1-3H3/q+2. The van der Waals surface area contributed by atoms with Gasteiger partial charge >= 0.3 is 0 Å². The highest BCUT2D eigenvalue weighted by molar-refractivity contribution is 5.60. The van der Waals surface area contributed by atoms with Crippen LogP contribution in [0.5, 0.6) is 0 Å². The first-order valence-corrected chi connectivity index (χ1v) is 6.21. The summed E-state index contributed by atoms with van der Waals surface area (Å²) in [5, 5.41) is 0. The fourth-order valence-corrected chi connectivity index (χ4v) is 1.84. The maximum absolute atomic E-state index is 2.21. The lowest BCUT2D eigenvalue weighted by atomic mass is 10.1. The molecule has 17 heavy (non-hydrogen) atoms. The second-order valence-corrected chi connectivity index (χ2v) is 4.55. The highest BCUT2D eigenvalue weighted by Gasteiger charge is 2.06. The van der Waals surface area contributed by atoms with Crippen molar-refractivity contribution >= 4 is 0 Å². The van der Waals surface area contributed by atoms with E-state index in [-0.39, 0.29) is 0 Å². The Morgan fingerprint density at radius 2 is 1.35 bits per heavy atom. The molecule has 0 aromatic carbocycles. The summed E-state index contributed by atoms with van der Waals surface area (Å²) in [5.74, 6) is 0. The second kappa shape index (κ2) is 5.09. The van der Waals surface area contributed by atoms with Crippen LogP contribution in [0, 0.1) is 0 Å². The lowest BCUT2D eigenvalue weighted by Gasteiger charge is -2.02. The highest BCUT2D eigenvalue weighted by Crippen LogP contribution is 2.15. The zero-order chi connectivity index (χ0) is 12.3. The van der Waals surface area contributed by atoms with Gasteiger partial charge < -0.3 is 0 Å². The van der Waals surface area contributed by atoms with Gasteiger partial charge in [0.25, 0.3) is 0 Å². The van der Waals surface area contributed by atoms with Crippen molar-refractivity contribution in [3.05, 3.63) is 49.1 Å². The van der Waals surface area contributed by atoms with Crippen molar-refractivity contribution < 1.29 is 9.13 Å². The first-order valence-electron chi connectivity index (χ1n) is 6.21. The van der Waals surface area contributed by atoms with Crippen LogP contribution >= 0.6 is 0 Å². The molecule has 88 valence electrons. The van der Waals surface area contributed by atoms with Gasteiger partial charge in [-0.2, -0.15) is 0 Å². The molecule has 2 heteroatoms. The lowest BCUT2D eigenvalue weighted by molar-refractivity contribution is -0.716. The van der Waals surface area contributed by atoms with E-state index in [4.69, 9.17) is 0 Å². The summed E-state index contributed by atoms with van der Waals surface area (Å²) in [4.78, 5) is 0. The van der Waals surface area contributed by atoms with Crippen LogP contribution in [0.2, 0.25) is 0 Å². The number of aromatic nitrogens is 2. The Labute approximate surface area is 103 Å². The third-order valence-corrected chi connectivity index (χ3v) is 3.04. The first-order chi connectivity index (χ1) is 8.20. The van der Waals surface area contributed by atoms with Gasteiger partial charge in [0, 0.05) is 24.3 Å². The summed E-state index contributed by atoms with van der Waals surface area (Å²) in [7, 11) is 0. The summed E-state index contributed by atoms with van der Waals surface area (Å²) in [6.45, 7) is 7.54. The minimum absolute atomic E-state index is 0.516. The molecule has 2 aromatic rings. The fraction of sp³-hybridized carbons (Fsp3) is 0.333. The first kappa shape index (κ1) is 11.8. The van der Waals surface area contributed by atoms with Crippen LogP contribution < -0.4 is 9.13 Å². The molecule has 0 bridgehead atoms. The van der Waals surface area contributed by atoms with Crippen LogP contribution in [-0.4, -0.2) is 0 Å². The van der Waals surface area contributed by atoms with E-state index in [1.807, 2.05) is 0 Å². The molecule has 0 aliphatic rings. The highest BCUT2D eigenvalue weighted by atomic mass is 15.0. The zero-order valence-corrected chi connectivity index (χ0v) is 10.8. The van der Waals surface area contributed by atoms with Crippen molar-refractivity contribution in [2.75, 3.05) is 0 Å². The van der Waals surface area contributed by atoms with Gasteiger partial charge in [0.1, 0.15) is 6.54 Å². The van der Waals surface area contributed by atoms with E-state index in [2.05, 4.69) is 79.0 Å². The molecule has 0 amide bonds. The van der Waals surface area contributed by atoms with Gasteiger partial charge in [0.05, 0.1) is 0 Å². The summed E-state index contributed by atoms with van der Waals surface area (Å²) < 4.78 is 4.37. The predicted molar refractivity (Wildman–Crippen MR) is 68.3 cm³/mol. The van der Waals surface area contributed by atoms with Crippen molar-refractivity contribution in [3.8, 4) is 11.1 Å². The average Bonchev–Trinajstić information content (AvgIpc) is 2.39. The van der Waals surface area contributed by atoms with Crippen LogP contribution in [0.15, 0.2) is 49.1 Å². The van der Waals surface area contributed by atoms with Gasteiger partial charge in [0.15, 0.2) is 30.8 Å². The molecule has 0 fully saturated rings. The van der Waals surface area contributed by atoms with Crippen molar-refractivity contribution in [3.63, 3.8) is 0 Å². The molecule has 0 aliphatic carbocycles. The van der Waals surface area contributed by atoms with E-state index in [9.17, 15) is 0 Å². The topological polar surface area (TPSA) is 7.76 Å². The Kier molecular flexibility index (Phi) is 3.52. The lowest BCUT2D eigenvalue weighted by Crippen LogP contribution is -2.34. The number of rotatable bonds is 3.